The van der Waals surface area contributed by atoms with Crippen LogP contribution in [0.25, 0.3) is 0 Å². The fourth-order valence-corrected chi connectivity index (χ4v) is 1.14. The molecular weight excluding hydrogens is 165 g/mol. The van der Waals surface area contributed by atoms with E-state index in [9.17, 15) is 9.46 Å². The van der Waals surface area contributed by atoms with Crippen LogP contribution in [0, 0.1) is 0 Å². The summed E-state index contributed by atoms with van der Waals surface area (Å²) in [5.41, 5.74) is 10.6. The molecule has 1 aromatic rings. The third-order valence-corrected chi connectivity index (χ3v) is 1.98. The first kappa shape index (κ1) is 7.91. The molecule has 0 saturated heterocycles. The van der Waals surface area contributed by atoms with Crippen molar-refractivity contribution in [3.8, 4) is 0 Å². The van der Waals surface area contributed by atoms with E-state index < -0.39 is 8.03 Å². The van der Waals surface area contributed by atoms with Gasteiger partial charge in [0.05, 0.1) is 0 Å². The van der Waals surface area contributed by atoms with Gasteiger partial charge in [0.2, 0.25) is 5.30 Å². The lowest BCUT2D eigenvalue weighted by atomic mass is 10.4. The first-order valence-corrected chi connectivity index (χ1v) is 3.95. The minimum Gasteiger partial charge on any atom is -0.591 e. The number of rotatable bonds is 1. The molecule has 1 unspecified atom stereocenters. The fraction of sp³-hybridized carbons (Fsp3) is 0. The molecule has 11 heavy (non-hydrogen) atoms. The summed E-state index contributed by atoms with van der Waals surface area (Å²) in [7, 11) is -2.68. The molecule has 1 rings (SSSR count). The van der Waals surface area contributed by atoms with Crippen molar-refractivity contribution in [2.45, 2.75) is 0 Å². The number of aromatic nitrogens is 1. The standard InChI is InChI=1S/C5H6N3O2P/c6-4-3(11(9)10)1-2-8-5(4)7/h1-2H,6H2,(H2,7,8). The molecule has 5 nitrogen and oxygen atoms in total. The van der Waals surface area contributed by atoms with E-state index in [1.165, 1.54) is 12.3 Å². The van der Waals surface area contributed by atoms with Gasteiger partial charge in [-0.25, -0.2) is 4.98 Å². The minimum absolute atomic E-state index is 0.0172. The van der Waals surface area contributed by atoms with Crippen LogP contribution in [-0.2, 0) is 4.57 Å². The Hall–Kier alpha value is -1.19. The molecule has 58 valence electrons. The summed E-state index contributed by atoms with van der Waals surface area (Å²) >= 11 is 0. The molecule has 1 atom stereocenters. The second-order valence-electron chi connectivity index (χ2n) is 1.89. The van der Waals surface area contributed by atoms with Crippen molar-refractivity contribution in [1.82, 2.24) is 4.98 Å². The van der Waals surface area contributed by atoms with Crippen LogP contribution in [0.4, 0.5) is 11.5 Å². The maximum absolute atomic E-state index is 10.4. The van der Waals surface area contributed by atoms with Crippen LogP contribution < -0.4 is 21.7 Å². The Morgan fingerprint density at radius 3 is 2.64 bits per heavy atom. The molecule has 6 heteroatoms. The highest BCUT2D eigenvalue weighted by Gasteiger charge is 2.13. The van der Waals surface area contributed by atoms with E-state index in [1.807, 2.05) is 0 Å². The zero-order valence-corrected chi connectivity index (χ0v) is 6.41. The summed E-state index contributed by atoms with van der Waals surface area (Å²) < 4.78 is 10.4. The molecule has 0 aliphatic carbocycles. The Morgan fingerprint density at radius 1 is 1.55 bits per heavy atom. The lowest BCUT2D eigenvalue weighted by molar-refractivity contribution is -0.160. The van der Waals surface area contributed by atoms with Gasteiger partial charge in [0.1, 0.15) is 5.69 Å². The Balaban J connectivity index is 3.27. The molecule has 0 saturated carbocycles. The predicted molar refractivity (Wildman–Crippen MR) is 40.3 cm³/mol. The highest BCUT2D eigenvalue weighted by atomic mass is 31.1. The van der Waals surface area contributed by atoms with Gasteiger partial charge in [-0.3, -0.25) is 0 Å². The van der Waals surface area contributed by atoms with Crippen LogP contribution >= 0.6 is 8.03 Å². The van der Waals surface area contributed by atoms with E-state index in [0.717, 1.165) is 0 Å². The summed E-state index contributed by atoms with van der Waals surface area (Å²) in [6.07, 6.45) is 1.30. The molecule has 0 aromatic carbocycles. The number of anilines is 2. The van der Waals surface area contributed by atoms with Crippen molar-refractivity contribution in [2.24, 2.45) is 0 Å². The highest BCUT2D eigenvalue weighted by Crippen LogP contribution is 2.16. The molecule has 1 heterocycles. The van der Waals surface area contributed by atoms with E-state index in [2.05, 4.69) is 4.98 Å². The minimum atomic E-state index is -2.68. The molecule has 0 bridgehead atoms. The van der Waals surface area contributed by atoms with Crippen LogP contribution in [0.2, 0.25) is 0 Å². The Bertz CT molecular complexity index is 302. The maximum atomic E-state index is 10.4. The number of nitrogens with two attached hydrogens (primary N) is 2. The maximum Gasteiger partial charge on any atom is 0.351 e. The van der Waals surface area contributed by atoms with Gasteiger partial charge in [0.15, 0.2) is 5.82 Å². The summed E-state index contributed by atoms with van der Waals surface area (Å²) in [5.74, 6) is 0.0432. The van der Waals surface area contributed by atoms with Crippen molar-refractivity contribution < 1.29 is 9.46 Å². The first-order valence-electron chi connectivity index (χ1n) is 2.77. The predicted octanol–water partition coefficient (Wildman–Crippen LogP) is -1.03. The monoisotopic (exact) mass is 171 g/mol. The van der Waals surface area contributed by atoms with Crippen LogP contribution in [0.3, 0.4) is 0 Å². The Labute approximate surface area is 63.9 Å². The van der Waals surface area contributed by atoms with Gasteiger partial charge in [0, 0.05) is 12.3 Å². The summed E-state index contributed by atoms with van der Waals surface area (Å²) in [4.78, 5) is 14.1. The van der Waals surface area contributed by atoms with Crippen molar-refractivity contribution >= 4 is 24.8 Å². The summed E-state index contributed by atoms with van der Waals surface area (Å²) in [6.45, 7) is 0. The van der Waals surface area contributed by atoms with Crippen LogP contribution in [-0.4, -0.2) is 4.98 Å². The van der Waals surface area contributed by atoms with Crippen molar-refractivity contribution in [1.29, 1.82) is 0 Å². The lowest BCUT2D eigenvalue weighted by Gasteiger charge is -1.97. The normalized spacial score (nSPS) is 11.2. The zero-order chi connectivity index (χ0) is 8.43. The topological polar surface area (TPSA) is 105 Å². The molecule has 0 aliphatic heterocycles. The van der Waals surface area contributed by atoms with Gasteiger partial charge in [0.25, 0.3) is 0 Å². The fourth-order valence-electron chi connectivity index (χ4n) is 0.638. The number of hydrogen-bond donors (Lipinski definition) is 2. The van der Waals surface area contributed by atoms with E-state index in [-0.39, 0.29) is 16.8 Å². The van der Waals surface area contributed by atoms with E-state index >= 15 is 0 Å². The van der Waals surface area contributed by atoms with E-state index in [0.29, 0.717) is 0 Å². The first-order chi connectivity index (χ1) is 5.13. The van der Waals surface area contributed by atoms with Crippen molar-refractivity contribution in [2.75, 3.05) is 11.5 Å². The Kier molecular flexibility index (Phi) is 2.03. The van der Waals surface area contributed by atoms with Gasteiger partial charge in [-0.15, -0.1) is 0 Å². The summed E-state index contributed by atoms with van der Waals surface area (Å²) in [6, 6.07) is 1.30. The lowest BCUT2D eigenvalue weighted by Crippen LogP contribution is -2.13. The highest BCUT2D eigenvalue weighted by molar-refractivity contribution is 7.46. The molecule has 0 amide bonds. The average Bonchev–Trinajstić information content (AvgIpc) is 1.94. The Morgan fingerprint density at radius 2 is 2.18 bits per heavy atom. The summed E-state index contributed by atoms with van der Waals surface area (Å²) in [5, 5.41) is 0.0208. The van der Waals surface area contributed by atoms with Gasteiger partial charge in [-0.05, 0) is 0 Å². The molecule has 0 aliphatic rings. The molecule has 1 aromatic heterocycles. The molecule has 0 spiro atoms. The third-order valence-electron chi connectivity index (χ3n) is 1.19. The molecular formula is C5H6N3O2P. The second-order valence-corrected chi connectivity index (χ2v) is 2.88. The van der Waals surface area contributed by atoms with Gasteiger partial charge in [-0.1, -0.05) is 4.57 Å². The van der Waals surface area contributed by atoms with Gasteiger partial charge in [-0.2, -0.15) is 0 Å². The van der Waals surface area contributed by atoms with Gasteiger partial charge < -0.3 is 16.4 Å². The van der Waals surface area contributed by atoms with E-state index in [1.54, 1.807) is 0 Å². The second kappa shape index (κ2) is 2.82. The van der Waals surface area contributed by atoms with Crippen LogP contribution in [0.1, 0.15) is 0 Å². The van der Waals surface area contributed by atoms with Gasteiger partial charge >= 0.3 is 8.03 Å². The average molecular weight is 171 g/mol. The van der Waals surface area contributed by atoms with Crippen LogP contribution in [0.15, 0.2) is 12.3 Å². The van der Waals surface area contributed by atoms with Crippen LogP contribution in [0.5, 0.6) is 0 Å². The number of pyridine rings is 1. The van der Waals surface area contributed by atoms with Crippen molar-refractivity contribution in [3.63, 3.8) is 0 Å². The number of nitrogen functional groups attached to an aromatic ring is 2. The number of hydrogen-bond acceptors (Lipinski definition) is 5. The quantitative estimate of drug-likeness (QED) is 0.526. The SMILES string of the molecule is Nc1nccc([P+](=O)[O-])c1N. The smallest absolute Gasteiger partial charge is 0.351 e. The van der Waals surface area contributed by atoms with E-state index in [4.69, 9.17) is 11.5 Å². The third kappa shape index (κ3) is 1.45. The zero-order valence-electron chi connectivity index (χ0n) is 5.52. The molecule has 4 N–H and O–H groups in total. The molecule has 0 fully saturated rings. The van der Waals surface area contributed by atoms with Crippen molar-refractivity contribution in [3.05, 3.63) is 12.3 Å². The number of nitrogens with zero attached hydrogens (tertiary/aromatic N) is 1. The molecule has 0 radical (unpaired) electrons. The largest absolute Gasteiger partial charge is 0.591 e.